The number of hydrogen-bond donors (Lipinski definition) is 0. The van der Waals surface area contributed by atoms with Gasteiger partial charge in [0.15, 0.2) is 0 Å². The van der Waals surface area contributed by atoms with E-state index in [-0.39, 0.29) is 41.9 Å². The first-order valence-electron chi connectivity index (χ1n) is 9.54. The molecule has 2 aliphatic heterocycles. The number of rotatable bonds is 2. The Morgan fingerprint density at radius 2 is 0.792 bits per heavy atom. The number of hydrogen-bond acceptors (Lipinski definition) is 4. The zero-order valence-corrected chi connectivity index (χ0v) is 16.8. The third-order valence-electron chi connectivity index (χ3n) is 7.23. The molecule has 0 bridgehead atoms. The van der Waals surface area contributed by atoms with Crippen LogP contribution in [0.5, 0.6) is 0 Å². The molecule has 4 nitrogen and oxygen atoms in total. The van der Waals surface area contributed by atoms with Gasteiger partial charge < -0.3 is 18.6 Å². The van der Waals surface area contributed by atoms with E-state index < -0.39 is 0 Å². The van der Waals surface area contributed by atoms with Gasteiger partial charge in [-0.25, -0.2) is 0 Å². The normalized spacial score (nSPS) is 33.0. The van der Waals surface area contributed by atoms with E-state index in [1.54, 1.807) is 0 Å². The minimum Gasteiger partial charge on any atom is -0.403 e. The van der Waals surface area contributed by atoms with Crippen molar-refractivity contribution in [2.75, 3.05) is 0 Å². The van der Waals surface area contributed by atoms with Gasteiger partial charge in [0.2, 0.25) is 0 Å². The molecule has 136 valence electrons. The molecule has 2 heterocycles. The smallest absolute Gasteiger partial charge is 0.403 e. The summed E-state index contributed by atoms with van der Waals surface area (Å²) in [6, 6.07) is 0. The highest BCUT2D eigenvalue weighted by molar-refractivity contribution is 6.71. The van der Waals surface area contributed by atoms with E-state index in [0.717, 1.165) is 12.8 Å². The van der Waals surface area contributed by atoms with Crippen LogP contribution >= 0.6 is 0 Å². The van der Waals surface area contributed by atoms with Crippen molar-refractivity contribution >= 4 is 14.2 Å². The minimum atomic E-state index is -0.328. The topological polar surface area (TPSA) is 36.9 Å². The zero-order valence-electron chi connectivity index (χ0n) is 16.8. The predicted molar refractivity (Wildman–Crippen MR) is 97.9 cm³/mol. The van der Waals surface area contributed by atoms with Gasteiger partial charge in [-0.15, -0.1) is 0 Å². The molecule has 1 aliphatic carbocycles. The minimum absolute atomic E-state index is 0.228. The largest absolute Gasteiger partial charge is 0.462 e. The summed E-state index contributed by atoms with van der Waals surface area (Å²) in [5.74, 6) is 0. The van der Waals surface area contributed by atoms with Gasteiger partial charge in [-0.3, -0.25) is 0 Å². The van der Waals surface area contributed by atoms with Gasteiger partial charge in [-0.05, 0) is 55.4 Å². The highest BCUT2D eigenvalue weighted by atomic mass is 16.7. The van der Waals surface area contributed by atoms with Crippen LogP contribution < -0.4 is 0 Å². The Kier molecular flexibility index (Phi) is 4.28. The van der Waals surface area contributed by atoms with Crippen molar-refractivity contribution in [2.45, 2.75) is 115 Å². The third kappa shape index (κ3) is 2.69. The summed E-state index contributed by atoms with van der Waals surface area (Å²) in [5, 5.41) is -0.228. The van der Waals surface area contributed by atoms with Crippen molar-refractivity contribution in [1.82, 2.24) is 0 Å². The molecule has 6 heteroatoms. The molecule has 0 radical (unpaired) electrons. The summed E-state index contributed by atoms with van der Waals surface area (Å²) >= 11 is 0. The second-order valence-corrected chi connectivity index (χ2v) is 9.97. The summed E-state index contributed by atoms with van der Waals surface area (Å²) in [5.41, 5.74) is -1.31. The van der Waals surface area contributed by atoms with Gasteiger partial charge in [0.25, 0.3) is 0 Å². The maximum atomic E-state index is 6.47. The van der Waals surface area contributed by atoms with Crippen LogP contribution in [-0.4, -0.2) is 36.6 Å². The Balaban J connectivity index is 1.93. The van der Waals surface area contributed by atoms with Gasteiger partial charge in [-0.1, -0.05) is 32.1 Å². The molecule has 0 N–H and O–H groups in total. The van der Waals surface area contributed by atoms with E-state index in [9.17, 15) is 0 Å². The summed E-state index contributed by atoms with van der Waals surface area (Å²) in [6.45, 7) is 17.0. The van der Waals surface area contributed by atoms with Crippen molar-refractivity contribution in [1.29, 1.82) is 0 Å². The predicted octanol–water partition coefficient (Wildman–Crippen LogP) is 4.41. The monoisotopic (exact) mass is 336 g/mol. The first kappa shape index (κ1) is 18.8. The lowest BCUT2D eigenvalue weighted by atomic mass is 9.34. The molecular formula is C18H34B2O4. The van der Waals surface area contributed by atoms with Crippen LogP contribution in [0.15, 0.2) is 0 Å². The standard InChI is InChI=1S/C18H34B2O4/c1-14(2)15(3,4)22-19(21-14)18(12-10-9-11-13-18)20-23-16(5,6)17(7,8)24-20/h9-13H2,1-8H3. The average molecular weight is 336 g/mol. The zero-order chi connectivity index (χ0) is 18.0. The molecule has 0 unspecified atom stereocenters. The fourth-order valence-electron chi connectivity index (χ4n) is 3.95. The lowest BCUT2D eigenvalue weighted by Crippen LogP contribution is -2.50. The van der Waals surface area contributed by atoms with Crippen LogP contribution in [0.1, 0.15) is 87.5 Å². The van der Waals surface area contributed by atoms with Crippen molar-refractivity contribution in [3.05, 3.63) is 0 Å². The second kappa shape index (κ2) is 5.48. The van der Waals surface area contributed by atoms with Gasteiger partial charge in [0.05, 0.1) is 22.4 Å². The van der Waals surface area contributed by atoms with E-state index in [1.165, 1.54) is 19.3 Å². The highest BCUT2D eigenvalue weighted by Crippen LogP contribution is 2.57. The third-order valence-corrected chi connectivity index (χ3v) is 7.23. The van der Waals surface area contributed by atoms with Gasteiger partial charge in [-0.2, -0.15) is 0 Å². The van der Waals surface area contributed by atoms with Crippen molar-refractivity contribution in [3.8, 4) is 0 Å². The van der Waals surface area contributed by atoms with Crippen LogP contribution in [-0.2, 0) is 18.6 Å². The first-order valence-corrected chi connectivity index (χ1v) is 9.54. The maximum absolute atomic E-state index is 6.47. The SMILES string of the molecule is CC1(C)OB(C2(B3OC(C)(C)C(C)(C)O3)CCCCC2)OC1(C)C. The van der Waals surface area contributed by atoms with E-state index in [2.05, 4.69) is 55.4 Å². The Hall–Kier alpha value is -0.0301. The quantitative estimate of drug-likeness (QED) is 0.700. The first-order chi connectivity index (χ1) is 10.8. The van der Waals surface area contributed by atoms with Gasteiger partial charge in [0.1, 0.15) is 0 Å². The highest BCUT2D eigenvalue weighted by Gasteiger charge is 2.68. The molecule has 0 atom stereocenters. The van der Waals surface area contributed by atoms with Gasteiger partial charge in [0, 0.05) is 5.21 Å². The van der Waals surface area contributed by atoms with Crippen molar-refractivity contribution in [2.24, 2.45) is 0 Å². The summed E-state index contributed by atoms with van der Waals surface area (Å²) in [6.07, 6.45) is 5.67. The second-order valence-electron chi connectivity index (χ2n) is 9.97. The van der Waals surface area contributed by atoms with E-state index >= 15 is 0 Å². The molecule has 0 aromatic rings. The Morgan fingerprint density at radius 3 is 1.08 bits per heavy atom. The Bertz CT molecular complexity index is 425. The fraction of sp³-hybridized carbons (Fsp3) is 1.00. The van der Waals surface area contributed by atoms with Crippen molar-refractivity contribution in [3.63, 3.8) is 0 Å². The molecule has 3 rings (SSSR count). The van der Waals surface area contributed by atoms with E-state index in [1.807, 2.05) is 0 Å². The van der Waals surface area contributed by atoms with Gasteiger partial charge >= 0.3 is 14.2 Å². The van der Waals surface area contributed by atoms with Crippen LogP contribution in [0.3, 0.4) is 0 Å². The van der Waals surface area contributed by atoms with Crippen LogP contribution in [0.2, 0.25) is 5.21 Å². The lowest BCUT2D eigenvalue weighted by Gasteiger charge is -2.39. The molecule has 0 amide bonds. The average Bonchev–Trinajstić information content (AvgIpc) is 2.80. The van der Waals surface area contributed by atoms with E-state index in [0.29, 0.717) is 0 Å². The molecular weight excluding hydrogens is 302 g/mol. The molecule has 24 heavy (non-hydrogen) atoms. The summed E-state index contributed by atoms with van der Waals surface area (Å²) in [4.78, 5) is 0. The van der Waals surface area contributed by atoms with Crippen LogP contribution in [0.25, 0.3) is 0 Å². The Labute approximate surface area is 148 Å². The molecule has 0 aromatic carbocycles. The Morgan fingerprint density at radius 1 is 0.500 bits per heavy atom. The lowest BCUT2D eigenvalue weighted by molar-refractivity contribution is 0.00578. The molecule has 1 saturated carbocycles. The van der Waals surface area contributed by atoms with Crippen LogP contribution in [0, 0.1) is 0 Å². The van der Waals surface area contributed by atoms with Crippen molar-refractivity contribution < 1.29 is 18.6 Å². The molecule has 3 fully saturated rings. The molecule has 0 aromatic heterocycles. The van der Waals surface area contributed by atoms with E-state index in [4.69, 9.17) is 18.6 Å². The van der Waals surface area contributed by atoms with Crippen LogP contribution in [0.4, 0.5) is 0 Å². The summed E-state index contributed by atoms with van der Waals surface area (Å²) in [7, 11) is -0.560. The molecule has 0 spiro atoms. The maximum Gasteiger partial charge on any atom is 0.462 e. The molecule has 2 saturated heterocycles. The summed E-state index contributed by atoms with van der Waals surface area (Å²) < 4.78 is 25.9. The molecule has 3 aliphatic rings. The fourth-order valence-corrected chi connectivity index (χ4v) is 3.95.